The van der Waals surface area contributed by atoms with Gasteiger partial charge in [0.2, 0.25) is 5.91 Å². The van der Waals surface area contributed by atoms with Crippen molar-refractivity contribution in [2.24, 2.45) is 5.92 Å². The van der Waals surface area contributed by atoms with Gasteiger partial charge in [0.15, 0.2) is 6.10 Å². The first-order valence-electron chi connectivity index (χ1n) is 12.3. The first kappa shape index (κ1) is 24.6. The number of furan rings is 1. The molecule has 4 rings (SSSR count). The molecule has 0 spiro atoms. The van der Waals surface area contributed by atoms with Crippen molar-refractivity contribution in [3.63, 3.8) is 0 Å². The molecule has 2 atom stereocenters. The van der Waals surface area contributed by atoms with E-state index in [1.165, 1.54) is 11.1 Å². The maximum Gasteiger partial charge on any atom is 0.261 e. The molecule has 2 heterocycles. The lowest BCUT2D eigenvalue weighted by molar-refractivity contribution is -0.134. The quantitative estimate of drug-likeness (QED) is 0.488. The van der Waals surface area contributed by atoms with Crippen molar-refractivity contribution in [3.8, 4) is 5.75 Å². The Hall–Kier alpha value is -3.54. The van der Waals surface area contributed by atoms with Crippen LogP contribution in [0.25, 0.3) is 0 Å². The van der Waals surface area contributed by atoms with E-state index in [9.17, 15) is 9.59 Å². The fraction of sp³-hybridized carbons (Fsp3) is 0.379. The summed E-state index contributed by atoms with van der Waals surface area (Å²) in [4.78, 5) is 27.8. The lowest BCUT2D eigenvalue weighted by Crippen LogP contribution is -2.41. The van der Waals surface area contributed by atoms with Crippen molar-refractivity contribution in [3.05, 3.63) is 88.9 Å². The zero-order chi connectivity index (χ0) is 24.9. The van der Waals surface area contributed by atoms with Crippen LogP contribution < -0.4 is 10.1 Å². The van der Waals surface area contributed by atoms with Crippen LogP contribution in [0.2, 0.25) is 0 Å². The first-order chi connectivity index (χ1) is 16.8. The lowest BCUT2D eigenvalue weighted by Gasteiger charge is -2.38. The molecule has 3 aromatic rings. The summed E-state index contributed by atoms with van der Waals surface area (Å²) < 4.78 is 11.3. The Morgan fingerprint density at radius 2 is 1.89 bits per heavy atom. The van der Waals surface area contributed by atoms with E-state index in [4.69, 9.17) is 9.15 Å². The van der Waals surface area contributed by atoms with Crippen LogP contribution in [-0.2, 0) is 22.6 Å². The van der Waals surface area contributed by atoms with Crippen LogP contribution in [0.5, 0.6) is 5.75 Å². The van der Waals surface area contributed by atoms with Gasteiger partial charge >= 0.3 is 0 Å². The van der Waals surface area contributed by atoms with Crippen molar-refractivity contribution in [2.45, 2.75) is 59.2 Å². The fourth-order valence-electron chi connectivity index (χ4n) is 4.50. The molecule has 35 heavy (non-hydrogen) atoms. The van der Waals surface area contributed by atoms with Gasteiger partial charge < -0.3 is 19.4 Å². The summed E-state index contributed by atoms with van der Waals surface area (Å²) in [5.74, 6) is 1.53. The van der Waals surface area contributed by atoms with Crippen LogP contribution >= 0.6 is 0 Å². The standard InChI is InChI=1S/C29H34N2O4/c1-19(2)16-27(32)31-14-13-22-11-12-24(17-26(22)28(31)23-9-7-20(3)8-10-23)35-21(4)29(33)30-18-25-6-5-15-34-25/h5-12,15,17,19,21,28H,13-14,16,18H2,1-4H3,(H,30,33). The van der Waals surface area contributed by atoms with Crippen molar-refractivity contribution in [1.82, 2.24) is 10.2 Å². The maximum absolute atomic E-state index is 13.2. The number of nitrogens with zero attached hydrogens (tertiary/aromatic N) is 1. The zero-order valence-corrected chi connectivity index (χ0v) is 20.9. The summed E-state index contributed by atoms with van der Waals surface area (Å²) in [7, 11) is 0. The number of hydrogen-bond acceptors (Lipinski definition) is 4. The largest absolute Gasteiger partial charge is 0.481 e. The number of rotatable bonds is 8. The Bertz CT molecular complexity index is 1150. The molecule has 1 aliphatic heterocycles. The molecule has 2 amide bonds. The second-order valence-electron chi connectivity index (χ2n) is 9.67. The Morgan fingerprint density at radius 1 is 1.11 bits per heavy atom. The smallest absolute Gasteiger partial charge is 0.261 e. The van der Waals surface area contributed by atoms with Crippen molar-refractivity contribution >= 4 is 11.8 Å². The summed E-state index contributed by atoms with van der Waals surface area (Å²) in [6.07, 6.45) is 2.21. The van der Waals surface area contributed by atoms with Gasteiger partial charge in [0, 0.05) is 13.0 Å². The summed E-state index contributed by atoms with van der Waals surface area (Å²) in [5.41, 5.74) is 4.51. The molecular formula is C29H34N2O4. The summed E-state index contributed by atoms with van der Waals surface area (Å²) in [6, 6.07) is 17.7. The zero-order valence-electron chi connectivity index (χ0n) is 20.9. The molecule has 0 saturated carbocycles. The van der Waals surface area contributed by atoms with Crippen LogP contribution in [0.4, 0.5) is 0 Å². The minimum Gasteiger partial charge on any atom is -0.481 e. The van der Waals surface area contributed by atoms with Crippen LogP contribution in [0.1, 0.15) is 61.2 Å². The minimum atomic E-state index is -0.678. The third-order valence-electron chi connectivity index (χ3n) is 6.34. The van der Waals surface area contributed by atoms with Gasteiger partial charge in [-0.3, -0.25) is 9.59 Å². The Balaban J connectivity index is 1.57. The molecule has 184 valence electrons. The molecule has 0 fully saturated rings. The average molecular weight is 475 g/mol. The number of fused-ring (bicyclic) bond motifs is 1. The van der Waals surface area contributed by atoms with Gasteiger partial charge in [0.25, 0.3) is 5.91 Å². The van der Waals surface area contributed by atoms with Crippen LogP contribution in [0, 0.1) is 12.8 Å². The van der Waals surface area contributed by atoms with E-state index in [1.54, 1.807) is 19.3 Å². The molecule has 6 nitrogen and oxygen atoms in total. The molecule has 0 bridgehead atoms. The highest BCUT2D eigenvalue weighted by atomic mass is 16.5. The molecule has 2 aromatic carbocycles. The lowest BCUT2D eigenvalue weighted by atomic mass is 9.87. The number of amides is 2. The molecule has 2 unspecified atom stereocenters. The fourth-order valence-corrected chi connectivity index (χ4v) is 4.50. The summed E-state index contributed by atoms with van der Waals surface area (Å²) in [5, 5.41) is 2.84. The minimum absolute atomic E-state index is 0.160. The third kappa shape index (κ3) is 5.94. The molecule has 0 aliphatic carbocycles. The van der Waals surface area contributed by atoms with E-state index in [-0.39, 0.29) is 23.8 Å². The van der Waals surface area contributed by atoms with Gasteiger partial charge in [-0.25, -0.2) is 0 Å². The second-order valence-corrected chi connectivity index (χ2v) is 9.67. The van der Waals surface area contributed by atoms with Gasteiger partial charge in [-0.2, -0.15) is 0 Å². The molecule has 1 N–H and O–H groups in total. The number of nitrogens with one attached hydrogen (secondary N) is 1. The van der Waals surface area contributed by atoms with Crippen LogP contribution in [-0.4, -0.2) is 29.4 Å². The predicted octanol–water partition coefficient (Wildman–Crippen LogP) is 5.19. The van der Waals surface area contributed by atoms with E-state index in [0.717, 1.165) is 17.5 Å². The highest BCUT2D eigenvalue weighted by Crippen LogP contribution is 2.38. The maximum atomic E-state index is 13.2. The summed E-state index contributed by atoms with van der Waals surface area (Å²) >= 11 is 0. The molecule has 0 saturated heterocycles. The van der Waals surface area contributed by atoms with Crippen molar-refractivity contribution in [1.29, 1.82) is 0 Å². The Morgan fingerprint density at radius 3 is 2.57 bits per heavy atom. The second kappa shape index (κ2) is 10.8. The number of aryl methyl sites for hydroxylation is 1. The van der Waals surface area contributed by atoms with E-state index >= 15 is 0 Å². The molecule has 6 heteroatoms. The monoisotopic (exact) mass is 474 g/mol. The number of benzene rings is 2. The number of carbonyl (C=O) groups is 2. The van der Waals surface area contributed by atoms with Gasteiger partial charge in [-0.15, -0.1) is 0 Å². The highest BCUT2D eigenvalue weighted by Gasteiger charge is 2.32. The number of carbonyl (C=O) groups excluding carboxylic acids is 2. The van der Waals surface area contributed by atoms with E-state index in [1.807, 2.05) is 23.1 Å². The Labute approximate surface area is 207 Å². The highest BCUT2D eigenvalue weighted by molar-refractivity contribution is 5.80. The first-order valence-corrected chi connectivity index (χ1v) is 12.3. The van der Waals surface area contributed by atoms with Gasteiger partial charge in [-0.1, -0.05) is 49.7 Å². The summed E-state index contributed by atoms with van der Waals surface area (Å²) in [6.45, 7) is 8.92. The van der Waals surface area contributed by atoms with Gasteiger partial charge in [0.05, 0.1) is 18.8 Å². The van der Waals surface area contributed by atoms with Crippen molar-refractivity contribution < 1.29 is 18.7 Å². The van der Waals surface area contributed by atoms with Crippen LogP contribution in [0.3, 0.4) is 0 Å². The van der Waals surface area contributed by atoms with Crippen LogP contribution in [0.15, 0.2) is 65.3 Å². The van der Waals surface area contributed by atoms with Gasteiger partial charge in [-0.05, 0) is 67.1 Å². The predicted molar refractivity (Wildman–Crippen MR) is 135 cm³/mol. The SMILES string of the molecule is Cc1ccc(C2c3cc(OC(C)C(=O)NCc4ccco4)ccc3CCN2C(=O)CC(C)C)cc1. The van der Waals surface area contributed by atoms with Gasteiger partial charge in [0.1, 0.15) is 11.5 Å². The normalized spacial score (nSPS) is 16.0. The molecule has 0 radical (unpaired) electrons. The molecule has 1 aliphatic rings. The number of ether oxygens (including phenoxy) is 1. The molecule has 1 aromatic heterocycles. The van der Waals surface area contributed by atoms with Crippen molar-refractivity contribution in [2.75, 3.05) is 6.54 Å². The number of hydrogen-bond donors (Lipinski definition) is 1. The topological polar surface area (TPSA) is 71.8 Å². The van der Waals surface area contributed by atoms with E-state index in [0.29, 0.717) is 31.0 Å². The average Bonchev–Trinajstić information content (AvgIpc) is 3.35. The Kier molecular flexibility index (Phi) is 7.59. The third-order valence-corrected chi connectivity index (χ3v) is 6.34. The van der Waals surface area contributed by atoms with E-state index in [2.05, 4.69) is 56.4 Å². The molecular weight excluding hydrogens is 440 g/mol. The van der Waals surface area contributed by atoms with E-state index < -0.39 is 6.10 Å².